The summed E-state index contributed by atoms with van der Waals surface area (Å²) < 4.78 is 5.34. The van der Waals surface area contributed by atoms with Crippen molar-refractivity contribution < 1.29 is 14.3 Å². The van der Waals surface area contributed by atoms with Crippen LogP contribution in [0.4, 0.5) is 0 Å². The van der Waals surface area contributed by atoms with Gasteiger partial charge in [-0.1, -0.05) is 6.92 Å². The first-order chi connectivity index (χ1) is 10.0. The molecule has 0 saturated heterocycles. The number of carbonyl (C=O) groups is 2. The molecule has 0 radical (unpaired) electrons. The highest BCUT2D eigenvalue weighted by molar-refractivity contribution is 5.78. The fourth-order valence-electron chi connectivity index (χ4n) is 2.10. The number of aldehydes is 1. The van der Waals surface area contributed by atoms with E-state index in [0.29, 0.717) is 18.7 Å². The summed E-state index contributed by atoms with van der Waals surface area (Å²) in [6.07, 6.45) is 1.77. The van der Waals surface area contributed by atoms with E-state index in [2.05, 4.69) is 11.8 Å². The zero-order valence-corrected chi connectivity index (χ0v) is 13.3. The Bertz CT molecular complexity index is 486. The summed E-state index contributed by atoms with van der Waals surface area (Å²) in [4.78, 5) is 26.5. The lowest BCUT2D eigenvalue weighted by Crippen LogP contribution is -2.36. The third-order valence-corrected chi connectivity index (χ3v) is 3.23. The van der Waals surface area contributed by atoms with E-state index in [1.54, 1.807) is 38.2 Å². The molecule has 1 amide bonds. The highest BCUT2D eigenvalue weighted by atomic mass is 16.5. The third-order valence-electron chi connectivity index (χ3n) is 3.23. The number of carbonyl (C=O) groups excluding carboxylic acids is 2. The number of benzene rings is 1. The average Bonchev–Trinajstić information content (AvgIpc) is 2.47. The molecule has 0 bridgehead atoms. The number of nitrogens with zero attached hydrogens (tertiary/aromatic N) is 2. The summed E-state index contributed by atoms with van der Waals surface area (Å²) in [5.74, 6) is 0.799. The average molecular weight is 292 g/mol. The van der Waals surface area contributed by atoms with Crippen LogP contribution >= 0.6 is 0 Å². The Kier molecular flexibility index (Phi) is 6.88. The van der Waals surface area contributed by atoms with Crippen LogP contribution in [0.5, 0.6) is 5.75 Å². The number of rotatable bonds is 8. The molecular formula is C16H24N2O3. The molecule has 21 heavy (non-hydrogen) atoms. The molecule has 0 unspecified atom stereocenters. The lowest BCUT2D eigenvalue weighted by molar-refractivity contribution is -0.130. The zero-order chi connectivity index (χ0) is 15.8. The van der Waals surface area contributed by atoms with Crippen LogP contribution in [-0.4, -0.2) is 56.3 Å². The van der Waals surface area contributed by atoms with E-state index in [0.717, 1.165) is 30.6 Å². The first-order valence-electron chi connectivity index (χ1n) is 7.06. The molecule has 0 saturated carbocycles. The van der Waals surface area contributed by atoms with Gasteiger partial charge in [-0.2, -0.15) is 0 Å². The third kappa shape index (κ3) is 5.19. The first-order valence-corrected chi connectivity index (χ1v) is 7.06. The number of ether oxygens (including phenoxy) is 1. The van der Waals surface area contributed by atoms with Crippen LogP contribution in [0.15, 0.2) is 18.2 Å². The predicted molar refractivity (Wildman–Crippen MR) is 82.6 cm³/mol. The van der Waals surface area contributed by atoms with Gasteiger partial charge in [-0.25, -0.2) is 0 Å². The maximum Gasteiger partial charge on any atom is 0.236 e. The summed E-state index contributed by atoms with van der Waals surface area (Å²) >= 11 is 0. The molecule has 0 N–H and O–H groups in total. The molecule has 0 aliphatic rings. The molecule has 1 aromatic carbocycles. The Balaban J connectivity index is 2.91. The summed E-state index contributed by atoms with van der Waals surface area (Å²) in [7, 11) is 5.11. The van der Waals surface area contributed by atoms with E-state index < -0.39 is 0 Å². The van der Waals surface area contributed by atoms with Gasteiger partial charge in [0.25, 0.3) is 0 Å². The molecule has 0 spiro atoms. The fourth-order valence-corrected chi connectivity index (χ4v) is 2.10. The van der Waals surface area contributed by atoms with E-state index >= 15 is 0 Å². The van der Waals surface area contributed by atoms with Crippen molar-refractivity contribution in [1.82, 2.24) is 9.80 Å². The van der Waals surface area contributed by atoms with Crippen molar-refractivity contribution >= 4 is 12.2 Å². The van der Waals surface area contributed by atoms with Gasteiger partial charge < -0.3 is 9.64 Å². The molecule has 0 fully saturated rings. The minimum Gasteiger partial charge on any atom is -0.496 e. The van der Waals surface area contributed by atoms with Gasteiger partial charge in [0.05, 0.1) is 13.7 Å². The van der Waals surface area contributed by atoms with Gasteiger partial charge >= 0.3 is 0 Å². The van der Waals surface area contributed by atoms with Crippen LogP contribution in [0, 0.1) is 0 Å². The summed E-state index contributed by atoms with van der Waals surface area (Å²) in [6.45, 7) is 3.83. The molecule has 0 atom stereocenters. The van der Waals surface area contributed by atoms with Crippen LogP contribution in [0.1, 0.15) is 29.3 Å². The molecule has 0 heterocycles. The van der Waals surface area contributed by atoms with Crippen LogP contribution in [-0.2, 0) is 11.3 Å². The smallest absolute Gasteiger partial charge is 0.236 e. The topological polar surface area (TPSA) is 49.9 Å². The maximum absolute atomic E-state index is 11.9. The Hall–Kier alpha value is -1.88. The molecule has 1 rings (SSSR count). The predicted octanol–water partition coefficient (Wildman–Crippen LogP) is 1.81. The minimum absolute atomic E-state index is 0.0639. The lowest BCUT2D eigenvalue weighted by Gasteiger charge is -2.24. The number of hydrogen-bond acceptors (Lipinski definition) is 4. The second-order valence-corrected chi connectivity index (χ2v) is 5.19. The Morgan fingerprint density at radius 2 is 2.05 bits per heavy atom. The fraction of sp³-hybridized carbons (Fsp3) is 0.500. The van der Waals surface area contributed by atoms with Crippen molar-refractivity contribution in [2.75, 3.05) is 34.3 Å². The van der Waals surface area contributed by atoms with Crippen LogP contribution in [0.25, 0.3) is 0 Å². The molecule has 116 valence electrons. The quantitative estimate of drug-likeness (QED) is 0.686. The van der Waals surface area contributed by atoms with Gasteiger partial charge in [0.1, 0.15) is 12.0 Å². The molecule has 0 aliphatic heterocycles. The first kappa shape index (κ1) is 17.2. The largest absolute Gasteiger partial charge is 0.496 e. The molecule has 0 aliphatic carbocycles. The number of methoxy groups -OCH3 is 1. The second kappa shape index (κ2) is 8.42. The Labute approximate surface area is 126 Å². The van der Waals surface area contributed by atoms with Gasteiger partial charge in [0, 0.05) is 31.8 Å². The van der Waals surface area contributed by atoms with E-state index in [4.69, 9.17) is 4.74 Å². The van der Waals surface area contributed by atoms with E-state index in [-0.39, 0.29) is 5.91 Å². The van der Waals surface area contributed by atoms with Crippen molar-refractivity contribution in [2.24, 2.45) is 0 Å². The van der Waals surface area contributed by atoms with Crippen molar-refractivity contribution in [3.8, 4) is 5.75 Å². The Morgan fingerprint density at radius 1 is 1.33 bits per heavy atom. The van der Waals surface area contributed by atoms with Gasteiger partial charge in [-0.05, 0) is 31.2 Å². The number of amides is 1. The van der Waals surface area contributed by atoms with E-state index in [1.807, 2.05) is 6.07 Å². The number of likely N-dealkylation sites (N-methyl/N-ethyl adjacent to an activating group) is 1. The van der Waals surface area contributed by atoms with Crippen molar-refractivity contribution in [1.29, 1.82) is 0 Å². The summed E-state index contributed by atoms with van der Waals surface area (Å²) in [5.41, 5.74) is 1.53. The highest BCUT2D eigenvalue weighted by Crippen LogP contribution is 2.21. The van der Waals surface area contributed by atoms with Crippen LogP contribution in [0.3, 0.4) is 0 Å². The molecule has 1 aromatic rings. The van der Waals surface area contributed by atoms with Crippen LogP contribution in [0.2, 0.25) is 0 Å². The minimum atomic E-state index is 0.0639. The highest BCUT2D eigenvalue weighted by Gasteiger charge is 2.14. The van der Waals surface area contributed by atoms with Gasteiger partial charge in [0.2, 0.25) is 5.91 Å². The van der Waals surface area contributed by atoms with Crippen molar-refractivity contribution in [3.63, 3.8) is 0 Å². The van der Waals surface area contributed by atoms with Crippen molar-refractivity contribution in [3.05, 3.63) is 29.3 Å². The van der Waals surface area contributed by atoms with Gasteiger partial charge in [-0.15, -0.1) is 0 Å². The number of hydrogen-bond donors (Lipinski definition) is 0. The molecule has 5 nitrogen and oxygen atoms in total. The SMILES string of the molecule is CCCN(CC(=O)N(C)C)Cc1cc(C=O)ccc1OC. The molecule has 0 aromatic heterocycles. The van der Waals surface area contributed by atoms with Crippen LogP contribution < -0.4 is 4.74 Å². The van der Waals surface area contributed by atoms with E-state index in [9.17, 15) is 9.59 Å². The zero-order valence-electron chi connectivity index (χ0n) is 13.3. The summed E-state index contributed by atoms with van der Waals surface area (Å²) in [5, 5.41) is 0. The Morgan fingerprint density at radius 3 is 2.57 bits per heavy atom. The standard InChI is InChI=1S/C16H24N2O3/c1-5-8-18(11-16(20)17(2)3)10-14-9-13(12-19)6-7-15(14)21-4/h6-7,9,12H,5,8,10-11H2,1-4H3. The molecule has 5 heteroatoms. The lowest BCUT2D eigenvalue weighted by atomic mass is 10.1. The monoisotopic (exact) mass is 292 g/mol. The maximum atomic E-state index is 11.9. The van der Waals surface area contributed by atoms with Gasteiger partial charge in [0.15, 0.2) is 0 Å². The van der Waals surface area contributed by atoms with Crippen molar-refractivity contribution in [2.45, 2.75) is 19.9 Å². The second-order valence-electron chi connectivity index (χ2n) is 5.19. The normalized spacial score (nSPS) is 10.5. The molecular weight excluding hydrogens is 268 g/mol. The van der Waals surface area contributed by atoms with E-state index in [1.165, 1.54) is 0 Å². The summed E-state index contributed by atoms with van der Waals surface area (Å²) in [6, 6.07) is 5.33. The van der Waals surface area contributed by atoms with Gasteiger partial charge in [-0.3, -0.25) is 14.5 Å².